The van der Waals surface area contributed by atoms with E-state index < -0.39 is 0 Å². The summed E-state index contributed by atoms with van der Waals surface area (Å²) >= 11 is 0. The molecule has 0 spiro atoms. The molecule has 0 aromatic rings. The Hall–Kier alpha value is -0.570. The van der Waals surface area contributed by atoms with Gasteiger partial charge in [0.25, 0.3) is 0 Å². The number of ether oxygens (including phenoxy) is 1. The van der Waals surface area contributed by atoms with Crippen LogP contribution in [0.15, 0.2) is 0 Å². The van der Waals surface area contributed by atoms with Gasteiger partial charge in [-0.1, -0.05) is 12.8 Å². The standard InChI is InChI=1S/C10H19NO2/c1-2-13-10(12)9-6-4-3-5-8(9)7-11/h8-9H,2-7,11H2,1H3. The van der Waals surface area contributed by atoms with Gasteiger partial charge in [0.1, 0.15) is 0 Å². The average molecular weight is 185 g/mol. The first kappa shape index (κ1) is 10.5. The van der Waals surface area contributed by atoms with Crippen molar-refractivity contribution in [3.63, 3.8) is 0 Å². The predicted molar refractivity (Wildman–Crippen MR) is 51.1 cm³/mol. The average Bonchev–Trinajstić information content (AvgIpc) is 2.18. The monoisotopic (exact) mass is 185 g/mol. The maximum atomic E-state index is 11.5. The zero-order valence-electron chi connectivity index (χ0n) is 8.29. The topological polar surface area (TPSA) is 52.3 Å². The normalized spacial score (nSPS) is 28.5. The highest BCUT2D eigenvalue weighted by Gasteiger charge is 2.30. The number of nitrogens with two attached hydrogens (primary N) is 1. The molecule has 0 heterocycles. The number of hydrogen-bond acceptors (Lipinski definition) is 3. The molecule has 2 N–H and O–H groups in total. The fraction of sp³-hybridized carbons (Fsp3) is 0.900. The van der Waals surface area contributed by atoms with Gasteiger partial charge in [0.2, 0.25) is 0 Å². The molecule has 0 aromatic carbocycles. The Labute approximate surface area is 79.6 Å². The lowest BCUT2D eigenvalue weighted by Crippen LogP contribution is -2.33. The summed E-state index contributed by atoms with van der Waals surface area (Å²) in [4.78, 5) is 11.5. The molecule has 1 fully saturated rings. The van der Waals surface area contributed by atoms with Crippen molar-refractivity contribution in [2.75, 3.05) is 13.2 Å². The van der Waals surface area contributed by atoms with Gasteiger partial charge in [0.15, 0.2) is 0 Å². The Morgan fingerprint density at radius 1 is 1.46 bits per heavy atom. The second kappa shape index (κ2) is 5.22. The lowest BCUT2D eigenvalue weighted by molar-refractivity contribution is -0.151. The number of hydrogen-bond donors (Lipinski definition) is 1. The quantitative estimate of drug-likeness (QED) is 0.674. The Bertz CT molecular complexity index is 170. The first-order chi connectivity index (χ1) is 6.29. The van der Waals surface area contributed by atoms with Crippen molar-refractivity contribution in [1.29, 1.82) is 0 Å². The van der Waals surface area contributed by atoms with Gasteiger partial charge in [-0.05, 0) is 32.2 Å². The van der Waals surface area contributed by atoms with Crippen molar-refractivity contribution in [3.8, 4) is 0 Å². The molecule has 0 aromatic heterocycles. The van der Waals surface area contributed by atoms with Crippen LogP contribution in [-0.2, 0) is 9.53 Å². The van der Waals surface area contributed by atoms with E-state index in [9.17, 15) is 4.79 Å². The molecule has 0 saturated heterocycles. The predicted octanol–water partition coefficient (Wildman–Crippen LogP) is 1.31. The summed E-state index contributed by atoms with van der Waals surface area (Å²) in [5.41, 5.74) is 5.62. The molecule has 1 aliphatic rings. The van der Waals surface area contributed by atoms with E-state index in [2.05, 4.69) is 0 Å². The highest BCUT2D eigenvalue weighted by molar-refractivity contribution is 5.72. The van der Waals surface area contributed by atoms with Crippen LogP contribution < -0.4 is 5.73 Å². The number of rotatable bonds is 3. The molecule has 0 radical (unpaired) electrons. The molecule has 76 valence electrons. The first-order valence-corrected chi connectivity index (χ1v) is 5.16. The van der Waals surface area contributed by atoms with E-state index >= 15 is 0 Å². The van der Waals surface area contributed by atoms with E-state index in [4.69, 9.17) is 10.5 Å². The van der Waals surface area contributed by atoms with E-state index in [1.165, 1.54) is 6.42 Å². The van der Waals surface area contributed by atoms with Crippen LogP contribution in [0.1, 0.15) is 32.6 Å². The van der Waals surface area contributed by atoms with E-state index in [1.54, 1.807) is 0 Å². The minimum atomic E-state index is -0.0438. The van der Waals surface area contributed by atoms with Crippen LogP contribution >= 0.6 is 0 Å². The third-order valence-electron chi connectivity index (χ3n) is 2.80. The van der Waals surface area contributed by atoms with Crippen molar-refractivity contribution in [2.45, 2.75) is 32.6 Å². The third kappa shape index (κ3) is 2.69. The number of carbonyl (C=O) groups is 1. The van der Waals surface area contributed by atoms with Crippen molar-refractivity contribution in [3.05, 3.63) is 0 Å². The summed E-state index contributed by atoms with van der Waals surface area (Å²) in [5.74, 6) is 0.379. The molecule has 13 heavy (non-hydrogen) atoms. The van der Waals surface area contributed by atoms with Crippen LogP contribution in [0.4, 0.5) is 0 Å². The molecule has 1 saturated carbocycles. The molecule has 1 rings (SSSR count). The molecule has 3 nitrogen and oxygen atoms in total. The van der Waals surface area contributed by atoms with E-state index in [1.807, 2.05) is 6.92 Å². The molecule has 2 unspecified atom stereocenters. The van der Waals surface area contributed by atoms with Crippen LogP contribution in [0.2, 0.25) is 0 Å². The van der Waals surface area contributed by atoms with Gasteiger partial charge in [0.05, 0.1) is 12.5 Å². The summed E-state index contributed by atoms with van der Waals surface area (Å²) in [6, 6.07) is 0. The van der Waals surface area contributed by atoms with Crippen molar-refractivity contribution < 1.29 is 9.53 Å². The van der Waals surface area contributed by atoms with Gasteiger partial charge in [-0.15, -0.1) is 0 Å². The van der Waals surface area contributed by atoms with Crippen molar-refractivity contribution >= 4 is 5.97 Å². The maximum absolute atomic E-state index is 11.5. The van der Waals surface area contributed by atoms with Gasteiger partial charge < -0.3 is 10.5 Å². The second-order valence-corrected chi connectivity index (χ2v) is 3.64. The lowest BCUT2D eigenvalue weighted by atomic mass is 9.79. The Morgan fingerprint density at radius 2 is 2.15 bits per heavy atom. The summed E-state index contributed by atoms with van der Waals surface area (Å²) < 4.78 is 5.02. The summed E-state index contributed by atoms with van der Waals surface area (Å²) in [6.45, 7) is 2.94. The molecule has 3 heteroatoms. The Balaban J connectivity index is 2.48. The van der Waals surface area contributed by atoms with Gasteiger partial charge >= 0.3 is 5.97 Å². The minimum Gasteiger partial charge on any atom is -0.466 e. The van der Waals surface area contributed by atoms with Crippen LogP contribution in [-0.4, -0.2) is 19.1 Å². The molecule has 0 amide bonds. The number of carbonyl (C=O) groups excluding carboxylic acids is 1. The smallest absolute Gasteiger partial charge is 0.309 e. The lowest BCUT2D eigenvalue weighted by Gasteiger charge is -2.28. The summed E-state index contributed by atoms with van der Waals surface area (Å²) in [6.07, 6.45) is 4.39. The molecule has 0 aliphatic heterocycles. The summed E-state index contributed by atoms with van der Waals surface area (Å²) in [7, 11) is 0. The first-order valence-electron chi connectivity index (χ1n) is 5.16. The molecular formula is C10H19NO2. The maximum Gasteiger partial charge on any atom is 0.309 e. The van der Waals surface area contributed by atoms with Crippen molar-refractivity contribution in [2.24, 2.45) is 17.6 Å². The number of esters is 1. The minimum absolute atomic E-state index is 0.0438. The van der Waals surface area contributed by atoms with E-state index in [0.717, 1.165) is 19.3 Å². The van der Waals surface area contributed by atoms with Gasteiger partial charge in [0, 0.05) is 0 Å². The molecule has 0 bridgehead atoms. The van der Waals surface area contributed by atoms with E-state index in [-0.39, 0.29) is 11.9 Å². The summed E-state index contributed by atoms with van der Waals surface area (Å²) in [5, 5.41) is 0. The second-order valence-electron chi connectivity index (χ2n) is 3.64. The van der Waals surface area contributed by atoms with Crippen LogP contribution in [0, 0.1) is 11.8 Å². The zero-order valence-corrected chi connectivity index (χ0v) is 8.29. The van der Waals surface area contributed by atoms with Gasteiger partial charge in [-0.3, -0.25) is 4.79 Å². The SMILES string of the molecule is CCOC(=O)C1CCCCC1CN. The van der Waals surface area contributed by atoms with Crippen LogP contribution in [0.3, 0.4) is 0 Å². The largest absolute Gasteiger partial charge is 0.466 e. The van der Waals surface area contributed by atoms with Crippen LogP contribution in [0.5, 0.6) is 0 Å². The van der Waals surface area contributed by atoms with E-state index in [0.29, 0.717) is 19.1 Å². The molecular weight excluding hydrogens is 166 g/mol. The fourth-order valence-corrected chi connectivity index (χ4v) is 2.05. The van der Waals surface area contributed by atoms with Gasteiger partial charge in [-0.25, -0.2) is 0 Å². The Kier molecular flexibility index (Phi) is 4.22. The molecule has 2 atom stereocenters. The Morgan fingerprint density at radius 3 is 2.77 bits per heavy atom. The molecule has 1 aliphatic carbocycles. The fourth-order valence-electron chi connectivity index (χ4n) is 2.05. The van der Waals surface area contributed by atoms with Crippen molar-refractivity contribution in [1.82, 2.24) is 0 Å². The third-order valence-corrected chi connectivity index (χ3v) is 2.80. The highest BCUT2D eigenvalue weighted by Crippen LogP contribution is 2.30. The highest BCUT2D eigenvalue weighted by atomic mass is 16.5. The van der Waals surface area contributed by atoms with Gasteiger partial charge in [-0.2, -0.15) is 0 Å². The van der Waals surface area contributed by atoms with Crippen LogP contribution in [0.25, 0.3) is 0 Å². The zero-order chi connectivity index (χ0) is 9.68.